The molecule has 0 aromatic heterocycles. The maximum atomic E-state index is 12.4. The molecule has 6 nitrogen and oxygen atoms in total. The van der Waals surface area contributed by atoms with Crippen molar-refractivity contribution in [1.29, 1.82) is 0 Å². The second-order valence-corrected chi connectivity index (χ2v) is 7.81. The van der Waals surface area contributed by atoms with Gasteiger partial charge in [-0.2, -0.15) is 17.0 Å². The molecule has 0 amide bonds. The standard InChI is InChI=1S/C12H24N2O4S/c1-9(2)12(11(15)16)6-7-14(8-12)19(17,18)13(5)10(3)4/h9-10H,6-8H2,1-5H3,(H,15,16). The van der Waals surface area contributed by atoms with Crippen molar-refractivity contribution in [2.24, 2.45) is 11.3 Å². The van der Waals surface area contributed by atoms with E-state index in [1.165, 1.54) is 15.7 Å². The predicted molar refractivity (Wildman–Crippen MR) is 72.9 cm³/mol. The third-order valence-corrected chi connectivity index (χ3v) is 6.33. The molecular formula is C12H24N2O4S. The first-order chi connectivity index (χ1) is 8.55. The zero-order valence-electron chi connectivity index (χ0n) is 12.3. The zero-order chi connectivity index (χ0) is 15.0. The van der Waals surface area contributed by atoms with Crippen LogP contribution in [0.5, 0.6) is 0 Å². The Morgan fingerprint density at radius 3 is 2.16 bits per heavy atom. The van der Waals surface area contributed by atoms with Crippen molar-refractivity contribution in [2.75, 3.05) is 20.1 Å². The summed E-state index contributed by atoms with van der Waals surface area (Å²) >= 11 is 0. The monoisotopic (exact) mass is 292 g/mol. The van der Waals surface area contributed by atoms with Gasteiger partial charge in [-0.25, -0.2) is 0 Å². The molecule has 1 fully saturated rings. The summed E-state index contributed by atoms with van der Waals surface area (Å²) in [5, 5.41) is 9.43. The normalized spacial score (nSPS) is 25.7. The maximum absolute atomic E-state index is 12.4. The van der Waals surface area contributed by atoms with Gasteiger partial charge in [-0.05, 0) is 26.2 Å². The first kappa shape index (κ1) is 16.4. The molecule has 1 N–H and O–H groups in total. The largest absolute Gasteiger partial charge is 0.481 e. The lowest BCUT2D eigenvalue weighted by Gasteiger charge is -2.30. The van der Waals surface area contributed by atoms with E-state index in [9.17, 15) is 18.3 Å². The second kappa shape index (κ2) is 5.38. The van der Waals surface area contributed by atoms with Gasteiger partial charge in [0.1, 0.15) is 0 Å². The summed E-state index contributed by atoms with van der Waals surface area (Å²) in [7, 11) is -2.05. The number of rotatable bonds is 5. The molecule has 0 aromatic carbocycles. The van der Waals surface area contributed by atoms with Gasteiger partial charge in [0.15, 0.2) is 0 Å². The van der Waals surface area contributed by atoms with Gasteiger partial charge in [0.05, 0.1) is 5.41 Å². The molecule has 0 aromatic rings. The predicted octanol–water partition coefficient (Wildman–Crippen LogP) is 1.00. The SMILES string of the molecule is CC(C)N(C)S(=O)(=O)N1CCC(C(=O)O)(C(C)C)C1. The van der Waals surface area contributed by atoms with Crippen LogP contribution in [0.15, 0.2) is 0 Å². The van der Waals surface area contributed by atoms with Crippen LogP contribution in [0.3, 0.4) is 0 Å². The van der Waals surface area contributed by atoms with Crippen LogP contribution in [0, 0.1) is 11.3 Å². The van der Waals surface area contributed by atoms with Crippen molar-refractivity contribution in [3.8, 4) is 0 Å². The molecule has 1 rings (SSSR count). The summed E-state index contributed by atoms with van der Waals surface area (Å²) in [5.74, 6) is -1.01. The van der Waals surface area contributed by atoms with Crippen molar-refractivity contribution in [2.45, 2.75) is 40.2 Å². The van der Waals surface area contributed by atoms with Crippen molar-refractivity contribution in [3.05, 3.63) is 0 Å². The summed E-state index contributed by atoms with van der Waals surface area (Å²) in [4.78, 5) is 11.5. The van der Waals surface area contributed by atoms with Crippen molar-refractivity contribution < 1.29 is 18.3 Å². The molecule has 7 heteroatoms. The molecule has 0 aliphatic carbocycles. The van der Waals surface area contributed by atoms with E-state index in [1.54, 1.807) is 13.8 Å². The van der Waals surface area contributed by atoms with Crippen LogP contribution >= 0.6 is 0 Å². The van der Waals surface area contributed by atoms with Crippen LogP contribution in [0.2, 0.25) is 0 Å². The Labute approximate surface area is 115 Å². The van der Waals surface area contributed by atoms with Gasteiger partial charge < -0.3 is 5.11 Å². The van der Waals surface area contributed by atoms with E-state index < -0.39 is 21.6 Å². The molecule has 1 saturated heterocycles. The molecule has 1 aliphatic rings. The molecule has 0 radical (unpaired) electrons. The fraction of sp³-hybridized carbons (Fsp3) is 0.917. The summed E-state index contributed by atoms with van der Waals surface area (Å²) in [6.45, 7) is 7.57. The van der Waals surface area contributed by atoms with Gasteiger partial charge in [0.25, 0.3) is 10.2 Å². The second-order valence-electron chi connectivity index (χ2n) is 5.82. The van der Waals surface area contributed by atoms with Crippen LogP contribution in [0.25, 0.3) is 0 Å². The first-order valence-corrected chi connectivity index (χ1v) is 7.92. The number of aliphatic carboxylic acids is 1. The van der Waals surface area contributed by atoms with E-state index in [0.717, 1.165) is 0 Å². The number of nitrogens with zero attached hydrogens (tertiary/aromatic N) is 2. The average molecular weight is 292 g/mol. The quantitative estimate of drug-likeness (QED) is 0.820. The average Bonchev–Trinajstić information content (AvgIpc) is 2.74. The van der Waals surface area contributed by atoms with E-state index in [0.29, 0.717) is 6.42 Å². The van der Waals surface area contributed by atoms with Crippen LogP contribution in [-0.4, -0.2) is 54.3 Å². The van der Waals surface area contributed by atoms with Gasteiger partial charge in [0, 0.05) is 26.2 Å². The van der Waals surface area contributed by atoms with Gasteiger partial charge in [-0.1, -0.05) is 13.8 Å². The van der Waals surface area contributed by atoms with Crippen LogP contribution in [-0.2, 0) is 15.0 Å². The lowest BCUT2D eigenvalue weighted by Crippen LogP contribution is -2.46. The summed E-state index contributed by atoms with van der Waals surface area (Å²) in [5.41, 5.74) is -0.967. The third-order valence-electron chi connectivity index (χ3n) is 4.21. The molecule has 0 saturated carbocycles. The summed E-state index contributed by atoms with van der Waals surface area (Å²) < 4.78 is 27.3. The summed E-state index contributed by atoms with van der Waals surface area (Å²) in [6.07, 6.45) is 0.366. The smallest absolute Gasteiger partial charge is 0.311 e. The van der Waals surface area contributed by atoms with E-state index in [2.05, 4.69) is 0 Å². The molecule has 19 heavy (non-hydrogen) atoms. The number of hydrogen-bond acceptors (Lipinski definition) is 3. The zero-order valence-corrected chi connectivity index (χ0v) is 13.1. The topological polar surface area (TPSA) is 77.9 Å². The third kappa shape index (κ3) is 2.78. The minimum Gasteiger partial charge on any atom is -0.481 e. The Bertz CT molecular complexity index is 447. The Hall–Kier alpha value is -0.660. The molecule has 1 atom stereocenters. The first-order valence-electron chi connectivity index (χ1n) is 6.52. The minimum atomic E-state index is -3.57. The fourth-order valence-electron chi connectivity index (χ4n) is 2.34. The molecule has 0 spiro atoms. The Morgan fingerprint density at radius 2 is 1.84 bits per heavy atom. The molecule has 1 unspecified atom stereocenters. The van der Waals surface area contributed by atoms with Gasteiger partial charge >= 0.3 is 5.97 Å². The number of carboxylic acid groups (broad SMARTS) is 1. The highest BCUT2D eigenvalue weighted by molar-refractivity contribution is 7.86. The Kier molecular flexibility index (Phi) is 4.64. The number of carbonyl (C=O) groups is 1. The highest BCUT2D eigenvalue weighted by atomic mass is 32.2. The maximum Gasteiger partial charge on any atom is 0.311 e. The van der Waals surface area contributed by atoms with Crippen LogP contribution in [0.1, 0.15) is 34.1 Å². The van der Waals surface area contributed by atoms with Crippen molar-refractivity contribution in [3.63, 3.8) is 0 Å². The lowest BCUT2D eigenvalue weighted by molar-refractivity contribution is -0.150. The van der Waals surface area contributed by atoms with Crippen LogP contribution in [0.4, 0.5) is 0 Å². The minimum absolute atomic E-state index is 0.0550. The van der Waals surface area contributed by atoms with Gasteiger partial charge in [-0.3, -0.25) is 4.79 Å². The summed E-state index contributed by atoms with van der Waals surface area (Å²) in [6, 6.07) is -0.149. The molecule has 1 aliphatic heterocycles. The van der Waals surface area contributed by atoms with E-state index >= 15 is 0 Å². The molecular weight excluding hydrogens is 268 g/mol. The number of hydrogen-bond donors (Lipinski definition) is 1. The Balaban J connectivity index is 3.01. The Morgan fingerprint density at radius 1 is 1.32 bits per heavy atom. The lowest BCUT2D eigenvalue weighted by atomic mass is 9.77. The van der Waals surface area contributed by atoms with Crippen molar-refractivity contribution >= 4 is 16.2 Å². The number of carboxylic acids is 1. The van der Waals surface area contributed by atoms with Gasteiger partial charge in [0.2, 0.25) is 0 Å². The van der Waals surface area contributed by atoms with E-state index in [1.807, 2.05) is 13.8 Å². The van der Waals surface area contributed by atoms with Crippen LogP contribution < -0.4 is 0 Å². The fourth-order valence-corrected chi connectivity index (χ4v) is 3.95. The molecule has 112 valence electrons. The molecule has 0 bridgehead atoms. The molecule has 1 heterocycles. The van der Waals surface area contributed by atoms with Gasteiger partial charge in [-0.15, -0.1) is 0 Å². The van der Waals surface area contributed by atoms with E-state index in [-0.39, 0.29) is 25.0 Å². The van der Waals surface area contributed by atoms with Crippen molar-refractivity contribution in [1.82, 2.24) is 8.61 Å². The highest BCUT2D eigenvalue weighted by Gasteiger charge is 2.50. The highest BCUT2D eigenvalue weighted by Crippen LogP contribution is 2.39. The van der Waals surface area contributed by atoms with E-state index in [4.69, 9.17) is 0 Å².